The molecular weight excluding hydrogens is 318 g/mol. The minimum absolute atomic E-state index is 0.150. The largest absolute Gasteiger partial charge is 0.481 e. The number of allylic oxidation sites excluding steroid dienone is 6. The first kappa shape index (κ1) is 23.1. The predicted octanol–water partition coefficient (Wildman–Crippen LogP) is 3.72. The van der Waals surface area contributed by atoms with Gasteiger partial charge in [0, 0.05) is 6.42 Å². The third-order valence-corrected chi connectivity index (χ3v) is 3.29. The van der Waals surface area contributed by atoms with E-state index >= 15 is 0 Å². The molecular formula is C20H34NO4+. The molecule has 1 N–H and O–H groups in total. The highest BCUT2D eigenvalue weighted by Gasteiger charge is 2.24. The number of hydrogen-bond acceptors (Lipinski definition) is 3. The molecule has 0 radical (unpaired) electrons. The third-order valence-electron chi connectivity index (χ3n) is 3.29. The minimum atomic E-state index is -0.946. The van der Waals surface area contributed by atoms with Crippen molar-refractivity contribution >= 4 is 11.9 Å². The third kappa shape index (κ3) is 16.8. The molecule has 1 atom stereocenters. The van der Waals surface area contributed by atoms with Crippen LogP contribution in [0, 0.1) is 0 Å². The number of carbonyl (C=O) groups excluding carboxylic acids is 1. The zero-order valence-corrected chi connectivity index (χ0v) is 16.1. The van der Waals surface area contributed by atoms with Crippen LogP contribution in [0.25, 0.3) is 0 Å². The second kappa shape index (κ2) is 13.4. The molecule has 0 aliphatic rings. The summed E-state index contributed by atoms with van der Waals surface area (Å²) in [6, 6.07) is 0. The molecule has 5 nitrogen and oxygen atoms in total. The minimum Gasteiger partial charge on any atom is -0.481 e. The quantitative estimate of drug-likeness (QED) is 0.237. The van der Waals surface area contributed by atoms with Crippen molar-refractivity contribution in [1.29, 1.82) is 0 Å². The van der Waals surface area contributed by atoms with Crippen molar-refractivity contribution < 1.29 is 23.9 Å². The highest BCUT2D eigenvalue weighted by Crippen LogP contribution is 2.09. The van der Waals surface area contributed by atoms with Crippen LogP contribution in [0.3, 0.4) is 0 Å². The lowest BCUT2D eigenvalue weighted by molar-refractivity contribution is -0.873. The number of hydrogen-bond donors (Lipinski definition) is 1. The monoisotopic (exact) mass is 352 g/mol. The average Bonchev–Trinajstić information content (AvgIpc) is 2.46. The van der Waals surface area contributed by atoms with Crippen LogP contribution in [0.4, 0.5) is 0 Å². The lowest BCUT2D eigenvalue weighted by atomic mass is 10.2. The maximum Gasteiger partial charge on any atom is 0.307 e. The van der Waals surface area contributed by atoms with Gasteiger partial charge in [-0.3, -0.25) is 9.59 Å². The summed E-state index contributed by atoms with van der Waals surface area (Å²) in [5.41, 5.74) is 0. The van der Waals surface area contributed by atoms with Crippen molar-refractivity contribution in [3.63, 3.8) is 0 Å². The smallest absolute Gasteiger partial charge is 0.307 e. The average molecular weight is 352 g/mol. The Labute approximate surface area is 152 Å². The first-order chi connectivity index (χ1) is 11.7. The number of unbranched alkanes of at least 4 members (excludes halogenated alkanes) is 2. The van der Waals surface area contributed by atoms with Gasteiger partial charge in [0.05, 0.1) is 27.6 Å². The molecule has 0 amide bonds. The summed E-state index contributed by atoms with van der Waals surface area (Å²) in [6.45, 7) is 2.58. The fraction of sp³-hybridized carbons (Fsp3) is 0.600. The second-order valence-electron chi connectivity index (χ2n) is 7.08. The van der Waals surface area contributed by atoms with E-state index < -0.39 is 12.1 Å². The lowest BCUT2D eigenvalue weighted by Crippen LogP contribution is -2.43. The van der Waals surface area contributed by atoms with Gasteiger partial charge >= 0.3 is 11.9 Å². The van der Waals surface area contributed by atoms with E-state index in [0.717, 1.165) is 25.7 Å². The molecule has 5 heteroatoms. The SMILES string of the molecule is CC/C=C/C=C/C=C/CCCCC(=O)OC(CC(=O)O)C[N+](C)(C)C. The molecule has 0 aromatic heterocycles. The number of likely N-dealkylation sites (N-methyl/N-ethyl adjacent to an activating group) is 1. The van der Waals surface area contributed by atoms with E-state index in [1.54, 1.807) is 0 Å². The maximum atomic E-state index is 11.9. The zero-order chi connectivity index (χ0) is 19.1. The van der Waals surface area contributed by atoms with E-state index in [-0.39, 0.29) is 12.4 Å². The van der Waals surface area contributed by atoms with Gasteiger partial charge in [-0.25, -0.2) is 0 Å². The number of nitrogens with zero attached hydrogens (tertiary/aromatic N) is 1. The molecule has 1 unspecified atom stereocenters. The molecule has 0 bridgehead atoms. The second-order valence-corrected chi connectivity index (χ2v) is 7.08. The molecule has 0 spiro atoms. The van der Waals surface area contributed by atoms with Gasteiger partial charge in [-0.15, -0.1) is 0 Å². The summed E-state index contributed by atoms with van der Waals surface area (Å²) in [4.78, 5) is 22.8. The number of carboxylic acid groups (broad SMARTS) is 1. The van der Waals surface area contributed by atoms with E-state index in [2.05, 4.69) is 19.1 Å². The fourth-order valence-electron chi connectivity index (χ4n) is 2.24. The Bertz CT molecular complexity index is 473. The molecule has 0 saturated heterocycles. The van der Waals surface area contributed by atoms with Gasteiger partial charge < -0.3 is 14.3 Å². The van der Waals surface area contributed by atoms with Crippen molar-refractivity contribution in [2.24, 2.45) is 0 Å². The topological polar surface area (TPSA) is 63.6 Å². The summed E-state index contributed by atoms with van der Waals surface area (Å²) in [6.07, 6.45) is 15.4. The number of rotatable bonds is 13. The van der Waals surface area contributed by atoms with Crippen LogP contribution < -0.4 is 0 Å². The molecule has 0 aliphatic carbocycles. The fourth-order valence-corrected chi connectivity index (χ4v) is 2.24. The Morgan fingerprint density at radius 1 is 1.04 bits per heavy atom. The Morgan fingerprint density at radius 3 is 2.24 bits per heavy atom. The molecule has 0 aromatic carbocycles. The first-order valence-electron chi connectivity index (χ1n) is 8.94. The molecule has 142 valence electrons. The maximum absolute atomic E-state index is 11.9. The van der Waals surface area contributed by atoms with Crippen molar-refractivity contribution in [2.45, 2.75) is 51.6 Å². The molecule has 0 aliphatic heterocycles. The van der Waals surface area contributed by atoms with Crippen LogP contribution in [-0.4, -0.2) is 55.3 Å². The van der Waals surface area contributed by atoms with Crippen LogP contribution in [0.1, 0.15) is 45.4 Å². The van der Waals surface area contributed by atoms with E-state index in [4.69, 9.17) is 9.84 Å². The molecule has 0 aromatic rings. The molecule has 0 rings (SSSR count). The summed E-state index contributed by atoms with van der Waals surface area (Å²) < 4.78 is 5.90. The van der Waals surface area contributed by atoms with Crippen molar-refractivity contribution in [2.75, 3.05) is 27.7 Å². The number of quaternary nitrogens is 1. The van der Waals surface area contributed by atoms with Gasteiger partial charge in [0.1, 0.15) is 6.54 Å². The molecule has 0 fully saturated rings. The summed E-state index contributed by atoms with van der Waals surface area (Å²) in [5.74, 6) is -1.26. The summed E-state index contributed by atoms with van der Waals surface area (Å²) in [5, 5.41) is 8.94. The van der Waals surface area contributed by atoms with Gasteiger partial charge in [0.2, 0.25) is 0 Å². The zero-order valence-electron chi connectivity index (χ0n) is 16.1. The Kier molecular flexibility index (Phi) is 12.4. The first-order valence-corrected chi connectivity index (χ1v) is 8.94. The highest BCUT2D eigenvalue weighted by atomic mass is 16.5. The molecule has 0 saturated carbocycles. The number of esters is 1. The van der Waals surface area contributed by atoms with E-state index in [0.29, 0.717) is 17.4 Å². The number of aliphatic carboxylic acids is 1. The molecule has 25 heavy (non-hydrogen) atoms. The number of carboxylic acids is 1. The van der Waals surface area contributed by atoms with Gasteiger partial charge in [-0.2, -0.15) is 0 Å². The van der Waals surface area contributed by atoms with E-state index in [1.807, 2.05) is 45.4 Å². The Balaban J connectivity index is 4.03. The van der Waals surface area contributed by atoms with Crippen LogP contribution in [0.2, 0.25) is 0 Å². The van der Waals surface area contributed by atoms with E-state index in [1.165, 1.54) is 0 Å². The van der Waals surface area contributed by atoms with Crippen molar-refractivity contribution in [3.05, 3.63) is 36.5 Å². The normalized spacial score (nSPS) is 13.8. The summed E-state index contributed by atoms with van der Waals surface area (Å²) >= 11 is 0. The number of ether oxygens (including phenoxy) is 1. The van der Waals surface area contributed by atoms with Crippen LogP contribution >= 0.6 is 0 Å². The van der Waals surface area contributed by atoms with Crippen LogP contribution in [0.15, 0.2) is 36.5 Å². The predicted molar refractivity (Wildman–Crippen MR) is 101 cm³/mol. The lowest BCUT2D eigenvalue weighted by Gasteiger charge is -2.28. The van der Waals surface area contributed by atoms with Gasteiger partial charge in [0.15, 0.2) is 6.10 Å². The Morgan fingerprint density at radius 2 is 1.68 bits per heavy atom. The standard InChI is InChI=1S/C20H33NO4/c1-5-6-7-8-9-10-11-12-13-14-15-20(24)25-18(16-19(22)23)17-21(2,3)4/h6-11,18H,5,12-17H2,1-4H3/p+1/b7-6+,9-8+,11-10+. The highest BCUT2D eigenvalue weighted by molar-refractivity contribution is 5.71. The van der Waals surface area contributed by atoms with Crippen molar-refractivity contribution in [3.8, 4) is 0 Å². The van der Waals surface area contributed by atoms with Crippen LogP contribution in [0.5, 0.6) is 0 Å². The number of carbonyl (C=O) groups is 2. The Hall–Kier alpha value is -1.88. The summed E-state index contributed by atoms with van der Waals surface area (Å²) in [7, 11) is 5.84. The molecule has 0 heterocycles. The van der Waals surface area contributed by atoms with E-state index in [9.17, 15) is 9.59 Å². The van der Waals surface area contributed by atoms with Gasteiger partial charge in [-0.1, -0.05) is 43.4 Å². The van der Waals surface area contributed by atoms with Crippen molar-refractivity contribution in [1.82, 2.24) is 0 Å². The van der Waals surface area contributed by atoms with Gasteiger partial charge in [0.25, 0.3) is 0 Å². The van der Waals surface area contributed by atoms with Gasteiger partial charge in [-0.05, 0) is 25.7 Å². The van der Waals surface area contributed by atoms with Crippen LogP contribution in [-0.2, 0) is 14.3 Å².